The Bertz CT molecular complexity index is 1720. The van der Waals surface area contributed by atoms with Crippen molar-refractivity contribution in [3.8, 4) is 0 Å². The van der Waals surface area contributed by atoms with Crippen molar-refractivity contribution in [2.75, 3.05) is 40.9 Å². The van der Waals surface area contributed by atoms with Crippen LogP contribution in [0, 0.1) is 0 Å². The van der Waals surface area contributed by atoms with E-state index < -0.39 is 20.0 Å². The summed E-state index contributed by atoms with van der Waals surface area (Å²) in [6.45, 7) is 4.61. The minimum Gasteiger partial charge on any atom is -0.756 e. The molecular weight excluding hydrogens is 1010 g/mol. The number of rotatable bonds is 59. The van der Waals surface area contributed by atoms with Crippen LogP contribution in [0.15, 0.2) is 122 Å². The average molecular weight is 1130 g/mol. The van der Waals surface area contributed by atoms with Crippen LogP contribution < -0.4 is 10.2 Å². The van der Waals surface area contributed by atoms with Gasteiger partial charge in [0.1, 0.15) is 13.2 Å². The number of likely N-dealkylation sites (N-methyl/N-ethyl adjacent to an activating group) is 1. The molecule has 0 fully saturated rings. The Morgan fingerprint density at radius 1 is 0.450 bits per heavy atom. The molecule has 0 bridgehead atoms. The molecule has 80 heavy (non-hydrogen) atoms. The molecule has 0 heterocycles. The van der Waals surface area contributed by atoms with Crippen LogP contribution in [0.3, 0.4) is 0 Å². The summed E-state index contributed by atoms with van der Waals surface area (Å²) < 4.78 is 23.5. The highest BCUT2D eigenvalue weighted by molar-refractivity contribution is 7.45. The summed E-state index contributed by atoms with van der Waals surface area (Å²) in [7, 11) is 1.29. The Kier molecular flexibility index (Phi) is 58.1. The fraction of sp³-hybridized carbons (Fsp3) is 0.704. The molecule has 0 aromatic carbocycles. The van der Waals surface area contributed by atoms with E-state index in [1.165, 1.54) is 135 Å². The molecule has 0 rings (SSSR count). The molecule has 0 aliphatic carbocycles. The number of allylic oxidation sites excluding steroid dienone is 20. The highest BCUT2D eigenvalue weighted by Gasteiger charge is 2.24. The quantitative estimate of drug-likeness (QED) is 0.0272. The van der Waals surface area contributed by atoms with Crippen molar-refractivity contribution in [3.05, 3.63) is 122 Å². The monoisotopic (exact) mass is 1130 g/mol. The Balaban J connectivity index is 4.07. The van der Waals surface area contributed by atoms with E-state index in [1.54, 1.807) is 0 Å². The number of aliphatic hydroxyl groups excluding tert-OH is 1. The lowest BCUT2D eigenvalue weighted by molar-refractivity contribution is -0.870. The van der Waals surface area contributed by atoms with Crippen LogP contribution in [0.25, 0.3) is 0 Å². The first-order valence-electron chi connectivity index (χ1n) is 32.9. The molecule has 460 valence electrons. The van der Waals surface area contributed by atoms with E-state index in [9.17, 15) is 19.4 Å². The normalized spacial score (nSPS) is 14.5. The average Bonchev–Trinajstić information content (AvgIpc) is 3.42. The lowest BCUT2D eigenvalue weighted by atomic mass is 10.0. The summed E-state index contributed by atoms with van der Waals surface area (Å²) in [6.07, 6.45) is 89.6. The number of carbonyl (C=O) groups is 1. The number of phosphoric acid groups is 1. The van der Waals surface area contributed by atoms with E-state index in [0.717, 1.165) is 109 Å². The first-order valence-corrected chi connectivity index (χ1v) is 34.3. The topological polar surface area (TPSA) is 108 Å². The van der Waals surface area contributed by atoms with Gasteiger partial charge in [-0.05, 0) is 89.9 Å². The lowest BCUT2D eigenvalue weighted by Crippen LogP contribution is -2.46. The largest absolute Gasteiger partial charge is 0.756 e. The van der Waals surface area contributed by atoms with Gasteiger partial charge in [-0.15, -0.1) is 0 Å². The molecule has 0 radical (unpaired) electrons. The molecule has 9 heteroatoms. The van der Waals surface area contributed by atoms with Gasteiger partial charge in [-0.2, -0.15) is 0 Å². The van der Waals surface area contributed by atoms with Crippen LogP contribution in [0.1, 0.15) is 271 Å². The third-order valence-electron chi connectivity index (χ3n) is 14.2. The number of nitrogens with one attached hydrogen (secondary N) is 1. The van der Waals surface area contributed by atoms with Crippen LogP contribution in [-0.2, 0) is 18.4 Å². The molecule has 1 amide bonds. The van der Waals surface area contributed by atoms with Gasteiger partial charge < -0.3 is 28.8 Å². The van der Waals surface area contributed by atoms with E-state index in [0.29, 0.717) is 23.9 Å². The maximum atomic E-state index is 13.0. The highest BCUT2D eigenvalue weighted by atomic mass is 31.2. The highest BCUT2D eigenvalue weighted by Crippen LogP contribution is 2.38. The number of quaternary nitrogens is 1. The third-order valence-corrected chi connectivity index (χ3v) is 15.2. The molecule has 3 unspecified atom stereocenters. The molecule has 0 saturated heterocycles. The van der Waals surface area contributed by atoms with Crippen molar-refractivity contribution in [2.45, 2.75) is 283 Å². The molecule has 0 saturated carbocycles. The standard InChI is InChI=1S/C71H125N2O6P/c1-6-8-10-12-14-16-18-20-22-24-25-26-27-28-29-30-31-32-33-34-35-36-37-38-39-40-41-42-43-44-45-46-47-49-51-53-55-57-59-61-63-65-71(75)72-69(68-79-80(76,77)78-67-66-73(3,4)5)70(74)64-62-60-58-56-54-52-50-48-23-21-19-17-15-13-11-9-7-2/h8,10,14,16,20,22,25-26,28-29,31-32,34-35,37-38,40-41,43-44,69-70,74H,6-7,9,11-13,15,17-19,21,23-24,27,30,33,36,39,42,45-68H2,1-5H3,(H-,72,75,76,77)/b10-8-,16-14-,22-20-,26-25-,29-28-,32-31-,35-34-,38-37-,41-40-,44-43-. The van der Waals surface area contributed by atoms with Gasteiger partial charge in [-0.25, -0.2) is 0 Å². The first kappa shape index (κ1) is 76.9. The summed E-state index contributed by atoms with van der Waals surface area (Å²) in [5.41, 5.74) is 0. The summed E-state index contributed by atoms with van der Waals surface area (Å²) in [6, 6.07) is -0.811. The fourth-order valence-electron chi connectivity index (χ4n) is 9.13. The van der Waals surface area contributed by atoms with Gasteiger partial charge in [0, 0.05) is 6.42 Å². The summed E-state index contributed by atoms with van der Waals surface area (Å²) in [5.74, 6) is -0.172. The van der Waals surface area contributed by atoms with E-state index in [1.807, 2.05) is 21.1 Å². The molecule has 2 N–H and O–H groups in total. The third kappa shape index (κ3) is 62.5. The smallest absolute Gasteiger partial charge is 0.268 e. The molecule has 0 spiro atoms. The number of amides is 1. The summed E-state index contributed by atoms with van der Waals surface area (Å²) >= 11 is 0. The van der Waals surface area contributed by atoms with Gasteiger partial charge in [0.25, 0.3) is 7.82 Å². The minimum atomic E-state index is -4.58. The molecule has 0 aliphatic heterocycles. The number of aliphatic hydroxyl groups is 1. The summed E-state index contributed by atoms with van der Waals surface area (Å²) in [4.78, 5) is 25.6. The zero-order valence-corrected chi connectivity index (χ0v) is 53.4. The van der Waals surface area contributed by atoms with Gasteiger partial charge in [-0.3, -0.25) is 9.36 Å². The maximum Gasteiger partial charge on any atom is 0.268 e. The Morgan fingerprint density at radius 2 is 0.762 bits per heavy atom. The van der Waals surface area contributed by atoms with Crippen LogP contribution in [0.4, 0.5) is 0 Å². The number of carbonyl (C=O) groups excluding carboxylic acids is 1. The van der Waals surface area contributed by atoms with Crippen LogP contribution >= 0.6 is 7.82 Å². The summed E-state index contributed by atoms with van der Waals surface area (Å²) in [5, 5.41) is 14.0. The molecule has 0 aromatic heterocycles. The van der Waals surface area contributed by atoms with Crippen LogP contribution in [0.5, 0.6) is 0 Å². The number of hydrogen-bond donors (Lipinski definition) is 2. The zero-order valence-electron chi connectivity index (χ0n) is 52.5. The Labute approximate surface area is 494 Å². The Morgan fingerprint density at radius 3 is 1.11 bits per heavy atom. The molecule has 3 atom stereocenters. The van der Waals surface area contributed by atoms with Crippen molar-refractivity contribution in [1.29, 1.82) is 0 Å². The fourth-order valence-corrected chi connectivity index (χ4v) is 9.85. The van der Waals surface area contributed by atoms with E-state index in [-0.39, 0.29) is 19.1 Å². The van der Waals surface area contributed by atoms with E-state index in [4.69, 9.17) is 9.05 Å². The molecule has 0 aliphatic rings. The van der Waals surface area contributed by atoms with Crippen molar-refractivity contribution in [1.82, 2.24) is 5.32 Å². The number of nitrogens with zero attached hydrogens (tertiary/aromatic N) is 1. The van der Waals surface area contributed by atoms with Crippen LogP contribution in [0.2, 0.25) is 0 Å². The van der Waals surface area contributed by atoms with Crippen molar-refractivity contribution in [3.63, 3.8) is 0 Å². The Hall–Kier alpha value is -3.10. The van der Waals surface area contributed by atoms with Gasteiger partial charge in [0.2, 0.25) is 5.91 Å². The van der Waals surface area contributed by atoms with Crippen molar-refractivity contribution >= 4 is 13.7 Å². The van der Waals surface area contributed by atoms with Crippen molar-refractivity contribution in [2.24, 2.45) is 0 Å². The van der Waals surface area contributed by atoms with E-state index >= 15 is 0 Å². The minimum absolute atomic E-state index is 0.00680. The number of hydrogen-bond acceptors (Lipinski definition) is 6. The predicted octanol–water partition coefficient (Wildman–Crippen LogP) is 20.2. The second-order valence-electron chi connectivity index (χ2n) is 23.1. The van der Waals surface area contributed by atoms with Crippen molar-refractivity contribution < 1.29 is 32.9 Å². The first-order chi connectivity index (χ1) is 39.0. The van der Waals surface area contributed by atoms with E-state index in [2.05, 4.69) is 141 Å². The molecule has 8 nitrogen and oxygen atoms in total. The second-order valence-corrected chi connectivity index (χ2v) is 24.5. The van der Waals surface area contributed by atoms with Gasteiger partial charge >= 0.3 is 0 Å². The SMILES string of the molecule is CC/C=C\C/C=C\C/C=C\C/C=C\C/C=C\C/C=C\C/C=C\C/C=C\C/C=C\C/C=C\CCCCCCCCCCCCC(=O)NC(COP(=O)([O-])OCC[N+](C)(C)C)C(O)CCCCCCCCCCCCCCCCCCC. The van der Waals surface area contributed by atoms with Gasteiger partial charge in [0.15, 0.2) is 0 Å². The van der Waals surface area contributed by atoms with Gasteiger partial charge in [0.05, 0.1) is 39.9 Å². The molecular formula is C71H125N2O6P. The lowest BCUT2D eigenvalue weighted by Gasteiger charge is -2.30. The molecule has 0 aromatic rings. The predicted molar refractivity (Wildman–Crippen MR) is 348 cm³/mol. The second kappa shape index (κ2) is 60.5. The number of unbranched alkanes of at least 4 members (excludes halogenated alkanes) is 26. The zero-order chi connectivity index (χ0) is 58.4. The number of phosphoric ester groups is 1. The van der Waals surface area contributed by atoms with Crippen LogP contribution in [-0.4, -0.2) is 68.5 Å². The maximum absolute atomic E-state index is 13.0. The van der Waals surface area contributed by atoms with Gasteiger partial charge in [-0.1, -0.05) is 296 Å².